The lowest BCUT2D eigenvalue weighted by Gasteiger charge is -2.08. The molecule has 2 N–H and O–H groups in total. The van der Waals surface area contributed by atoms with Crippen LogP contribution in [0.3, 0.4) is 0 Å². The van der Waals surface area contributed by atoms with Crippen LogP contribution >= 0.6 is 11.6 Å². The van der Waals surface area contributed by atoms with Gasteiger partial charge < -0.3 is 5.73 Å². The van der Waals surface area contributed by atoms with Crippen molar-refractivity contribution in [1.29, 1.82) is 0 Å². The maximum atomic E-state index is 13.6. The number of pyridine rings is 1. The number of rotatable bonds is 3. The predicted molar refractivity (Wildman–Crippen MR) is 90.1 cm³/mol. The molecule has 0 bridgehead atoms. The Morgan fingerprint density at radius 1 is 1.18 bits per heavy atom. The maximum Gasteiger partial charge on any atom is 0.127 e. The molecular weight excluding hydrogens is 299 g/mol. The minimum absolute atomic E-state index is 0.140. The second-order valence-corrected chi connectivity index (χ2v) is 5.39. The Morgan fingerprint density at radius 2 is 2.00 bits per heavy atom. The van der Waals surface area contributed by atoms with Crippen LogP contribution < -0.4 is 5.73 Å². The van der Waals surface area contributed by atoms with Gasteiger partial charge in [0.25, 0.3) is 0 Å². The number of hydrogen-bond donors (Lipinski definition) is 1. The topological polar surface area (TPSA) is 38.9 Å². The zero-order valence-electron chi connectivity index (χ0n) is 11.8. The Kier molecular flexibility index (Phi) is 3.92. The average Bonchev–Trinajstić information content (AvgIpc) is 2.54. The van der Waals surface area contributed by atoms with Crippen LogP contribution in [0.5, 0.6) is 0 Å². The normalized spacial score (nSPS) is 10.9. The van der Waals surface area contributed by atoms with Crippen LogP contribution in [0.15, 0.2) is 49.0 Å². The largest absolute Gasteiger partial charge is 0.326 e. The molecule has 0 fully saturated rings. The van der Waals surface area contributed by atoms with Crippen LogP contribution in [0.2, 0.25) is 5.02 Å². The third kappa shape index (κ3) is 2.61. The van der Waals surface area contributed by atoms with E-state index in [2.05, 4.69) is 11.6 Å². The molecule has 0 unspecified atom stereocenters. The van der Waals surface area contributed by atoms with Gasteiger partial charge in [-0.25, -0.2) is 9.37 Å². The molecule has 2 nitrogen and oxygen atoms in total. The molecule has 0 spiro atoms. The van der Waals surface area contributed by atoms with Gasteiger partial charge in [-0.15, -0.1) is 0 Å². The second kappa shape index (κ2) is 5.87. The van der Waals surface area contributed by atoms with E-state index in [1.165, 1.54) is 6.07 Å². The summed E-state index contributed by atoms with van der Waals surface area (Å²) >= 11 is 6.35. The van der Waals surface area contributed by atoms with Crippen LogP contribution in [0.25, 0.3) is 28.2 Å². The summed E-state index contributed by atoms with van der Waals surface area (Å²) in [6.45, 7) is 3.90. The molecule has 0 amide bonds. The minimum atomic E-state index is -0.313. The summed E-state index contributed by atoms with van der Waals surface area (Å²) in [6.07, 6.45) is 1.76. The molecule has 0 saturated carbocycles. The summed E-state index contributed by atoms with van der Waals surface area (Å²) in [5.41, 5.74) is 9.23. The molecule has 4 heteroatoms. The van der Waals surface area contributed by atoms with Crippen molar-refractivity contribution in [2.45, 2.75) is 6.54 Å². The zero-order chi connectivity index (χ0) is 15.7. The number of fused-ring (bicyclic) bond motifs is 1. The fourth-order valence-corrected chi connectivity index (χ4v) is 2.63. The highest BCUT2D eigenvalue weighted by molar-refractivity contribution is 6.35. The molecule has 3 aromatic rings. The Hall–Kier alpha value is -2.23. The third-order valence-electron chi connectivity index (χ3n) is 3.58. The highest BCUT2D eigenvalue weighted by Crippen LogP contribution is 2.29. The SMILES string of the molecule is C=Cc1ccc2c(Cl)cc(-c3ccc(F)c(CN)c3)nc2c1. The lowest BCUT2D eigenvalue weighted by atomic mass is 10.0. The van der Waals surface area contributed by atoms with E-state index in [0.29, 0.717) is 16.3 Å². The number of benzene rings is 2. The highest BCUT2D eigenvalue weighted by atomic mass is 35.5. The maximum absolute atomic E-state index is 13.6. The van der Waals surface area contributed by atoms with Gasteiger partial charge in [0.1, 0.15) is 5.82 Å². The molecule has 1 heterocycles. The van der Waals surface area contributed by atoms with Gasteiger partial charge in [0.2, 0.25) is 0 Å². The van der Waals surface area contributed by atoms with Crippen molar-refractivity contribution in [3.63, 3.8) is 0 Å². The van der Waals surface area contributed by atoms with Gasteiger partial charge in [0, 0.05) is 23.1 Å². The van der Waals surface area contributed by atoms with Crippen LogP contribution in [0.1, 0.15) is 11.1 Å². The Bertz CT molecular complexity index is 874. The van der Waals surface area contributed by atoms with E-state index in [9.17, 15) is 4.39 Å². The summed E-state index contributed by atoms with van der Waals surface area (Å²) in [4.78, 5) is 4.62. The molecule has 0 atom stereocenters. The molecule has 2 aromatic carbocycles. The monoisotopic (exact) mass is 312 g/mol. The van der Waals surface area contributed by atoms with Crippen molar-refractivity contribution in [2.75, 3.05) is 0 Å². The number of aromatic nitrogens is 1. The lowest BCUT2D eigenvalue weighted by molar-refractivity contribution is 0.611. The van der Waals surface area contributed by atoms with E-state index in [1.54, 1.807) is 24.3 Å². The van der Waals surface area contributed by atoms with Crippen LogP contribution in [-0.4, -0.2) is 4.98 Å². The van der Waals surface area contributed by atoms with E-state index < -0.39 is 0 Å². The number of halogens is 2. The smallest absolute Gasteiger partial charge is 0.127 e. The van der Waals surface area contributed by atoms with E-state index in [0.717, 1.165) is 22.0 Å². The average molecular weight is 313 g/mol. The minimum Gasteiger partial charge on any atom is -0.326 e. The molecule has 22 heavy (non-hydrogen) atoms. The van der Waals surface area contributed by atoms with E-state index in [1.807, 2.05) is 18.2 Å². The van der Waals surface area contributed by atoms with E-state index in [4.69, 9.17) is 17.3 Å². The van der Waals surface area contributed by atoms with Gasteiger partial charge in [-0.1, -0.05) is 36.4 Å². The number of nitrogens with zero attached hydrogens (tertiary/aromatic N) is 1. The first-order chi connectivity index (χ1) is 10.6. The summed E-state index contributed by atoms with van der Waals surface area (Å²) < 4.78 is 13.6. The number of hydrogen-bond acceptors (Lipinski definition) is 2. The Morgan fingerprint density at radius 3 is 2.73 bits per heavy atom. The third-order valence-corrected chi connectivity index (χ3v) is 3.89. The van der Waals surface area contributed by atoms with Gasteiger partial charge in [0.15, 0.2) is 0 Å². The van der Waals surface area contributed by atoms with Crippen molar-refractivity contribution in [3.05, 3.63) is 71.0 Å². The molecule has 0 radical (unpaired) electrons. The summed E-state index contributed by atoms with van der Waals surface area (Å²) in [6, 6.07) is 12.3. The molecule has 110 valence electrons. The van der Waals surface area contributed by atoms with Gasteiger partial charge >= 0.3 is 0 Å². The first-order valence-corrected chi connectivity index (χ1v) is 7.22. The Labute approximate surface area is 133 Å². The predicted octanol–water partition coefficient (Wildman–Crippen LogP) is 4.80. The van der Waals surface area contributed by atoms with Crippen molar-refractivity contribution >= 4 is 28.6 Å². The fourth-order valence-electron chi connectivity index (χ4n) is 2.37. The molecule has 1 aromatic heterocycles. The van der Waals surface area contributed by atoms with Crippen molar-refractivity contribution < 1.29 is 4.39 Å². The van der Waals surface area contributed by atoms with Crippen molar-refractivity contribution in [2.24, 2.45) is 5.73 Å². The zero-order valence-corrected chi connectivity index (χ0v) is 12.6. The first-order valence-electron chi connectivity index (χ1n) is 6.84. The van der Waals surface area contributed by atoms with Gasteiger partial charge in [0.05, 0.1) is 16.2 Å². The van der Waals surface area contributed by atoms with Gasteiger partial charge in [-0.2, -0.15) is 0 Å². The fraction of sp³-hybridized carbons (Fsp3) is 0.0556. The summed E-state index contributed by atoms with van der Waals surface area (Å²) in [5, 5.41) is 1.48. The van der Waals surface area contributed by atoms with Crippen molar-refractivity contribution in [3.8, 4) is 11.3 Å². The highest BCUT2D eigenvalue weighted by Gasteiger charge is 2.09. The lowest BCUT2D eigenvalue weighted by Crippen LogP contribution is -2.00. The van der Waals surface area contributed by atoms with Crippen LogP contribution in [0.4, 0.5) is 4.39 Å². The molecule has 0 aliphatic carbocycles. The Balaban J connectivity index is 2.20. The van der Waals surface area contributed by atoms with Crippen LogP contribution in [-0.2, 0) is 6.54 Å². The molecule has 0 saturated heterocycles. The standard InChI is InChI=1S/C18H14ClFN2/c1-2-11-3-5-14-15(19)9-17(22-18(14)7-11)12-4-6-16(20)13(8-12)10-21/h2-9H,1,10,21H2. The molecule has 3 rings (SSSR count). The molecule has 0 aliphatic heterocycles. The number of nitrogens with two attached hydrogens (primary N) is 1. The summed E-state index contributed by atoms with van der Waals surface area (Å²) in [5.74, 6) is -0.313. The summed E-state index contributed by atoms with van der Waals surface area (Å²) in [7, 11) is 0. The van der Waals surface area contributed by atoms with E-state index >= 15 is 0 Å². The quantitative estimate of drug-likeness (QED) is 0.754. The van der Waals surface area contributed by atoms with Crippen molar-refractivity contribution in [1.82, 2.24) is 4.98 Å². The molecule has 0 aliphatic rings. The van der Waals surface area contributed by atoms with E-state index in [-0.39, 0.29) is 12.4 Å². The molecular formula is C18H14ClFN2. The first kappa shape index (κ1) is 14.7. The van der Waals surface area contributed by atoms with Gasteiger partial charge in [-0.05, 0) is 35.9 Å². The van der Waals surface area contributed by atoms with Gasteiger partial charge in [-0.3, -0.25) is 0 Å². The second-order valence-electron chi connectivity index (χ2n) is 4.98. The van der Waals surface area contributed by atoms with Crippen LogP contribution in [0, 0.1) is 5.82 Å².